The number of hydrogen-bond acceptors (Lipinski definition) is 5. The number of alkyl halides is 4. The molecule has 7 nitrogen and oxygen atoms in total. The molecular formula is C30H34F4N6O. The number of benzene rings is 2. The van der Waals surface area contributed by atoms with E-state index in [2.05, 4.69) is 16.1 Å². The molecule has 3 aromatic rings. The van der Waals surface area contributed by atoms with E-state index in [0.29, 0.717) is 60.8 Å². The second-order valence-corrected chi connectivity index (χ2v) is 10.2. The van der Waals surface area contributed by atoms with Crippen LogP contribution >= 0.6 is 0 Å². The van der Waals surface area contributed by atoms with Gasteiger partial charge in [-0.15, -0.1) is 0 Å². The van der Waals surface area contributed by atoms with Crippen molar-refractivity contribution in [3.8, 4) is 17.3 Å². The van der Waals surface area contributed by atoms with Crippen LogP contribution in [0.4, 0.5) is 23.2 Å². The van der Waals surface area contributed by atoms with Crippen LogP contribution in [0.5, 0.6) is 0 Å². The van der Waals surface area contributed by atoms with E-state index in [9.17, 15) is 23.2 Å². The standard InChI is InChI=1S/C30H34F4N6O/c1-4-38(22(3)41)20-27-21(2)40(36-29(27)23-9-11-25(12-10-23)30(32,33)34)19-26(31)18-37-13-15-39(16-14-37)28-8-6-5-7-24(28)17-35/h5-12,26H,4,13-16,18-20H2,1-3H3. The third-order valence-electron chi connectivity index (χ3n) is 7.56. The summed E-state index contributed by atoms with van der Waals surface area (Å²) in [6.45, 7) is 8.57. The van der Waals surface area contributed by atoms with Gasteiger partial charge in [-0.05, 0) is 38.1 Å². The average molecular weight is 571 g/mol. The van der Waals surface area contributed by atoms with E-state index in [-0.39, 0.29) is 25.5 Å². The van der Waals surface area contributed by atoms with Gasteiger partial charge in [0.2, 0.25) is 5.91 Å². The van der Waals surface area contributed by atoms with Gasteiger partial charge in [0.1, 0.15) is 12.2 Å². The van der Waals surface area contributed by atoms with Gasteiger partial charge in [0.05, 0.1) is 29.1 Å². The molecule has 0 spiro atoms. The molecule has 1 fully saturated rings. The molecular weight excluding hydrogens is 536 g/mol. The maximum atomic E-state index is 15.4. The Bertz CT molecular complexity index is 1390. The average Bonchev–Trinajstić information content (AvgIpc) is 3.25. The number of carbonyl (C=O) groups excluding carboxylic acids is 1. The lowest BCUT2D eigenvalue weighted by atomic mass is 10.0. The molecule has 0 radical (unpaired) electrons. The van der Waals surface area contributed by atoms with Crippen molar-refractivity contribution >= 4 is 11.6 Å². The van der Waals surface area contributed by atoms with Crippen molar-refractivity contribution in [3.05, 3.63) is 70.9 Å². The summed E-state index contributed by atoms with van der Waals surface area (Å²) in [5.41, 5.74) is 2.99. The number of rotatable bonds is 9. The summed E-state index contributed by atoms with van der Waals surface area (Å²) < 4.78 is 56.4. The van der Waals surface area contributed by atoms with Gasteiger partial charge in [0, 0.05) is 69.6 Å². The molecule has 0 aliphatic carbocycles. The van der Waals surface area contributed by atoms with Crippen molar-refractivity contribution in [2.24, 2.45) is 0 Å². The van der Waals surface area contributed by atoms with Crippen molar-refractivity contribution in [3.63, 3.8) is 0 Å². The number of piperazine rings is 1. The van der Waals surface area contributed by atoms with Crippen LogP contribution in [0, 0.1) is 18.3 Å². The number of amides is 1. The monoisotopic (exact) mass is 570 g/mol. The second kappa shape index (κ2) is 12.7. The first kappa shape index (κ1) is 30.1. The minimum absolute atomic E-state index is 0.0247. The normalized spacial score (nSPS) is 15.0. The zero-order valence-electron chi connectivity index (χ0n) is 23.5. The molecule has 1 aliphatic heterocycles. The Kier molecular flexibility index (Phi) is 9.33. The van der Waals surface area contributed by atoms with Crippen LogP contribution in [0.2, 0.25) is 0 Å². The fourth-order valence-corrected chi connectivity index (χ4v) is 5.18. The van der Waals surface area contributed by atoms with E-state index >= 15 is 4.39 Å². The maximum absolute atomic E-state index is 15.4. The Morgan fingerprint density at radius 2 is 1.73 bits per heavy atom. The number of anilines is 1. The molecule has 2 heterocycles. The highest BCUT2D eigenvalue weighted by atomic mass is 19.4. The van der Waals surface area contributed by atoms with E-state index in [1.807, 2.05) is 30.0 Å². The molecule has 0 bridgehead atoms. The molecule has 1 aliphatic rings. The summed E-state index contributed by atoms with van der Waals surface area (Å²) in [6.07, 6.45) is -5.70. The first-order valence-corrected chi connectivity index (χ1v) is 13.6. The summed E-state index contributed by atoms with van der Waals surface area (Å²) >= 11 is 0. The number of carbonyl (C=O) groups is 1. The summed E-state index contributed by atoms with van der Waals surface area (Å²) in [5, 5.41) is 14.0. The predicted molar refractivity (Wildman–Crippen MR) is 149 cm³/mol. The van der Waals surface area contributed by atoms with Gasteiger partial charge < -0.3 is 9.80 Å². The topological polar surface area (TPSA) is 68.4 Å². The Labute approximate surface area is 237 Å². The second-order valence-electron chi connectivity index (χ2n) is 10.2. The van der Waals surface area contributed by atoms with Crippen LogP contribution < -0.4 is 4.90 Å². The summed E-state index contributed by atoms with van der Waals surface area (Å²) in [7, 11) is 0. The molecule has 1 amide bonds. The minimum Gasteiger partial charge on any atom is -0.368 e. The van der Waals surface area contributed by atoms with Crippen molar-refractivity contribution in [1.82, 2.24) is 19.6 Å². The molecule has 41 heavy (non-hydrogen) atoms. The molecule has 0 saturated carbocycles. The molecule has 0 N–H and O–H groups in total. The SMILES string of the molecule is CCN(Cc1c(-c2ccc(C(F)(F)F)cc2)nn(CC(F)CN2CCN(c3ccccc3C#N)CC2)c1C)C(C)=O. The fraction of sp³-hybridized carbons (Fsp3) is 0.433. The number of halogens is 4. The smallest absolute Gasteiger partial charge is 0.368 e. The first-order chi connectivity index (χ1) is 19.5. The number of nitriles is 1. The highest BCUT2D eigenvalue weighted by molar-refractivity contribution is 5.74. The van der Waals surface area contributed by atoms with Crippen LogP contribution in [-0.2, 0) is 24.1 Å². The highest BCUT2D eigenvalue weighted by Gasteiger charge is 2.30. The predicted octanol–water partition coefficient (Wildman–Crippen LogP) is 5.28. The number of para-hydroxylation sites is 1. The van der Waals surface area contributed by atoms with Gasteiger partial charge >= 0.3 is 6.18 Å². The molecule has 1 aromatic heterocycles. The largest absolute Gasteiger partial charge is 0.416 e. The summed E-state index contributed by atoms with van der Waals surface area (Å²) in [6, 6.07) is 14.4. The van der Waals surface area contributed by atoms with Crippen LogP contribution in [-0.4, -0.2) is 70.9 Å². The van der Waals surface area contributed by atoms with E-state index in [0.717, 1.165) is 17.8 Å². The summed E-state index contributed by atoms with van der Waals surface area (Å²) in [5.74, 6) is -0.141. The first-order valence-electron chi connectivity index (χ1n) is 13.6. The van der Waals surface area contributed by atoms with E-state index in [1.54, 1.807) is 22.6 Å². The van der Waals surface area contributed by atoms with Gasteiger partial charge in [-0.25, -0.2) is 4.39 Å². The van der Waals surface area contributed by atoms with Crippen LogP contribution in [0.3, 0.4) is 0 Å². The third-order valence-corrected chi connectivity index (χ3v) is 7.56. The molecule has 1 atom stereocenters. The van der Waals surface area contributed by atoms with Crippen molar-refractivity contribution in [1.29, 1.82) is 5.26 Å². The fourth-order valence-electron chi connectivity index (χ4n) is 5.18. The molecule has 4 rings (SSSR count). The minimum atomic E-state index is -4.46. The number of nitrogens with zero attached hydrogens (tertiary/aromatic N) is 6. The van der Waals surface area contributed by atoms with Crippen LogP contribution in [0.15, 0.2) is 48.5 Å². The van der Waals surface area contributed by atoms with Gasteiger partial charge in [-0.1, -0.05) is 24.3 Å². The quantitative estimate of drug-likeness (QED) is 0.328. The van der Waals surface area contributed by atoms with Gasteiger partial charge in [0.25, 0.3) is 0 Å². The zero-order chi connectivity index (χ0) is 29.7. The van der Waals surface area contributed by atoms with Crippen LogP contribution in [0.1, 0.15) is 36.2 Å². The van der Waals surface area contributed by atoms with E-state index in [1.165, 1.54) is 19.1 Å². The molecule has 1 saturated heterocycles. The van der Waals surface area contributed by atoms with E-state index in [4.69, 9.17) is 0 Å². The number of hydrogen-bond donors (Lipinski definition) is 0. The lowest BCUT2D eigenvalue weighted by Gasteiger charge is -2.37. The van der Waals surface area contributed by atoms with E-state index < -0.39 is 17.9 Å². The molecule has 1 unspecified atom stereocenters. The van der Waals surface area contributed by atoms with Crippen molar-refractivity contribution < 1.29 is 22.4 Å². The summed E-state index contributed by atoms with van der Waals surface area (Å²) in [4.78, 5) is 17.9. The van der Waals surface area contributed by atoms with Crippen LogP contribution in [0.25, 0.3) is 11.3 Å². The Hall–Kier alpha value is -3.91. The number of aromatic nitrogens is 2. The molecule has 2 aromatic carbocycles. The van der Waals surface area contributed by atoms with Crippen molar-refractivity contribution in [2.45, 2.75) is 46.2 Å². The lowest BCUT2D eigenvalue weighted by molar-refractivity contribution is -0.137. The Morgan fingerprint density at radius 3 is 2.32 bits per heavy atom. The lowest BCUT2D eigenvalue weighted by Crippen LogP contribution is -2.48. The van der Waals surface area contributed by atoms with Crippen molar-refractivity contribution in [2.75, 3.05) is 44.2 Å². The Balaban J connectivity index is 1.49. The maximum Gasteiger partial charge on any atom is 0.416 e. The highest BCUT2D eigenvalue weighted by Crippen LogP contribution is 2.33. The molecule has 218 valence electrons. The third kappa shape index (κ3) is 7.06. The molecule has 11 heteroatoms. The van der Waals surface area contributed by atoms with Gasteiger partial charge in [-0.2, -0.15) is 23.5 Å². The van der Waals surface area contributed by atoms with Gasteiger partial charge in [0.15, 0.2) is 0 Å². The Morgan fingerprint density at radius 1 is 1.07 bits per heavy atom. The van der Waals surface area contributed by atoms with Gasteiger partial charge in [-0.3, -0.25) is 14.4 Å². The zero-order valence-corrected chi connectivity index (χ0v) is 23.5.